The van der Waals surface area contributed by atoms with Gasteiger partial charge in [0.05, 0.1) is 10.9 Å². The summed E-state index contributed by atoms with van der Waals surface area (Å²) >= 11 is 1.38. The van der Waals surface area contributed by atoms with Crippen molar-refractivity contribution in [1.29, 1.82) is 0 Å². The van der Waals surface area contributed by atoms with Crippen molar-refractivity contribution in [3.05, 3.63) is 66.2 Å². The van der Waals surface area contributed by atoms with Crippen LogP contribution < -0.4 is 5.32 Å². The van der Waals surface area contributed by atoms with Crippen molar-refractivity contribution >= 4 is 45.7 Å². The van der Waals surface area contributed by atoms with Gasteiger partial charge in [0.1, 0.15) is 0 Å². The summed E-state index contributed by atoms with van der Waals surface area (Å²) in [4.78, 5) is 30.4. The van der Waals surface area contributed by atoms with Crippen LogP contribution in [0.1, 0.15) is 29.8 Å². The Morgan fingerprint density at radius 1 is 1.15 bits per heavy atom. The number of ketones is 1. The van der Waals surface area contributed by atoms with Crippen LogP contribution in [-0.4, -0.2) is 34.1 Å². The zero-order chi connectivity index (χ0) is 19.6. The highest BCUT2D eigenvalue weighted by Crippen LogP contribution is 2.35. The van der Waals surface area contributed by atoms with E-state index in [1.165, 1.54) is 18.7 Å². The van der Waals surface area contributed by atoms with Gasteiger partial charge in [0, 0.05) is 29.6 Å². The maximum Gasteiger partial charge on any atom is 0.237 e. The molecular weight excluding hydrogens is 358 g/mol. The average Bonchev–Trinajstić information content (AvgIpc) is 2.66. The summed E-state index contributed by atoms with van der Waals surface area (Å²) in [6, 6.07) is 14.7. The maximum atomic E-state index is 12.5. The lowest BCUT2D eigenvalue weighted by Crippen LogP contribution is -2.30. The van der Waals surface area contributed by atoms with Crippen molar-refractivity contribution in [3.63, 3.8) is 0 Å². The Morgan fingerprint density at radius 2 is 1.81 bits per heavy atom. The Hall–Kier alpha value is -2.86. The van der Waals surface area contributed by atoms with Crippen molar-refractivity contribution in [2.24, 2.45) is 4.99 Å². The lowest BCUT2D eigenvalue weighted by molar-refractivity contribution is -0.115. The molecule has 138 valence electrons. The molecule has 1 amide bonds. The molecule has 3 rings (SSSR count). The number of carbonyl (C=O) groups excluding carboxylic acids is 2. The van der Waals surface area contributed by atoms with Crippen LogP contribution in [0.3, 0.4) is 0 Å². The first-order valence-corrected chi connectivity index (χ1v) is 9.44. The first kappa shape index (κ1) is 18.9. The number of anilines is 1. The summed E-state index contributed by atoms with van der Waals surface area (Å²) in [5, 5.41) is 3.26. The Balaban J connectivity index is 1.70. The molecule has 1 N–H and O–H groups in total. The van der Waals surface area contributed by atoms with E-state index in [4.69, 9.17) is 0 Å². The van der Waals surface area contributed by atoms with Gasteiger partial charge in [0.15, 0.2) is 11.0 Å². The molecule has 1 heterocycles. The van der Waals surface area contributed by atoms with Crippen LogP contribution in [0, 0.1) is 0 Å². The lowest BCUT2D eigenvalue weighted by atomic mass is 10.1. The number of para-hydroxylation sites is 1. The van der Waals surface area contributed by atoms with Gasteiger partial charge in [0.25, 0.3) is 0 Å². The van der Waals surface area contributed by atoms with Gasteiger partial charge in [-0.1, -0.05) is 36.5 Å². The molecule has 0 saturated carbocycles. The highest BCUT2D eigenvalue weighted by molar-refractivity contribution is 8.14. The van der Waals surface area contributed by atoms with Gasteiger partial charge < -0.3 is 10.2 Å². The summed E-state index contributed by atoms with van der Waals surface area (Å²) in [6.07, 6.45) is 0. The SMILES string of the molecule is C=C1c2ccccc2N=C(S[C@H](C)C(=O)Nc2ccc(C(C)=O)cc2)N1C. The van der Waals surface area contributed by atoms with E-state index in [-0.39, 0.29) is 16.9 Å². The summed E-state index contributed by atoms with van der Waals surface area (Å²) in [5.74, 6) is -0.133. The van der Waals surface area contributed by atoms with Crippen molar-refractivity contribution in [1.82, 2.24) is 4.90 Å². The monoisotopic (exact) mass is 379 g/mol. The van der Waals surface area contributed by atoms with Crippen LogP contribution in [0.25, 0.3) is 5.70 Å². The Labute approximate surface area is 163 Å². The van der Waals surface area contributed by atoms with E-state index >= 15 is 0 Å². The Kier molecular flexibility index (Phi) is 5.46. The zero-order valence-corrected chi connectivity index (χ0v) is 16.3. The standard InChI is InChI=1S/C21H21N3O2S/c1-13-18-7-5-6-8-19(18)23-21(24(13)4)27-15(3)20(26)22-17-11-9-16(10-12-17)14(2)25/h5-12,15H,1H2,2-4H3,(H,22,26)/t15-/m1/s1. The van der Waals surface area contributed by atoms with Gasteiger partial charge in [-0.3, -0.25) is 9.59 Å². The number of hydrogen-bond donors (Lipinski definition) is 1. The number of Topliss-reactive ketones (excluding diaryl/α,β-unsaturated/α-hetero) is 1. The topological polar surface area (TPSA) is 61.8 Å². The van der Waals surface area contributed by atoms with Gasteiger partial charge in [0.2, 0.25) is 5.91 Å². The molecule has 0 fully saturated rings. The number of aliphatic imine (C=N–C) groups is 1. The van der Waals surface area contributed by atoms with Gasteiger partial charge in [-0.2, -0.15) is 0 Å². The number of fused-ring (bicyclic) bond motifs is 1. The molecule has 0 spiro atoms. The van der Waals surface area contributed by atoms with Crippen LogP contribution in [0.4, 0.5) is 11.4 Å². The molecule has 1 atom stereocenters. The number of nitrogens with one attached hydrogen (secondary N) is 1. The van der Waals surface area contributed by atoms with Gasteiger partial charge in [-0.25, -0.2) is 4.99 Å². The molecule has 2 aromatic carbocycles. The molecule has 0 radical (unpaired) electrons. The highest BCUT2D eigenvalue weighted by atomic mass is 32.2. The number of amides is 1. The zero-order valence-electron chi connectivity index (χ0n) is 15.5. The summed E-state index contributed by atoms with van der Waals surface area (Å²) in [6.45, 7) is 7.48. The van der Waals surface area contributed by atoms with E-state index in [0.29, 0.717) is 11.3 Å². The minimum atomic E-state index is -0.350. The predicted octanol–water partition coefficient (Wildman–Crippen LogP) is 4.55. The van der Waals surface area contributed by atoms with Crippen molar-refractivity contribution in [2.45, 2.75) is 19.1 Å². The molecule has 27 heavy (non-hydrogen) atoms. The summed E-state index contributed by atoms with van der Waals surface area (Å²) in [7, 11) is 1.90. The third-order valence-electron chi connectivity index (χ3n) is 4.33. The Morgan fingerprint density at radius 3 is 2.48 bits per heavy atom. The van der Waals surface area contributed by atoms with Gasteiger partial charge >= 0.3 is 0 Å². The number of carbonyl (C=O) groups is 2. The van der Waals surface area contributed by atoms with Gasteiger partial charge in [-0.05, 0) is 44.2 Å². The molecule has 5 nitrogen and oxygen atoms in total. The molecule has 0 saturated heterocycles. The van der Waals surface area contributed by atoms with Gasteiger partial charge in [-0.15, -0.1) is 0 Å². The normalized spacial score (nSPS) is 14.3. The molecule has 0 aromatic heterocycles. The molecule has 2 aromatic rings. The fourth-order valence-corrected chi connectivity index (χ4v) is 3.54. The second kappa shape index (κ2) is 7.80. The second-order valence-electron chi connectivity index (χ2n) is 6.30. The van der Waals surface area contributed by atoms with Crippen molar-refractivity contribution in [2.75, 3.05) is 12.4 Å². The third kappa shape index (κ3) is 4.11. The van der Waals surface area contributed by atoms with Crippen LogP contribution in [0.15, 0.2) is 60.1 Å². The molecule has 1 aliphatic rings. The van der Waals surface area contributed by atoms with E-state index < -0.39 is 0 Å². The predicted molar refractivity (Wildman–Crippen MR) is 112 cm³/mol. The van der Waals surface area contributed by atoms with Crippen molar-refractivity contribution in [3.8, 4) is 0 Å². The Bertz CT molecular complexity index is 935. The van der Waals surface area contributed by atoms with Crippen LogP contribution in [0.2, 0.25) is 0 Å². The second-order valence-corrected chi connectivity index (χ2v) is 7.61. The maximum absolute atomic E-state index is 12.5. The fraction of sp³-hybridized carbons (Fsp3) is 0.190. The van der Waals surface area contributed by atoms with Crippen molar-refractivity contribution < 1.29 is 9.59 Å². The largest absolute Gasteiger partial charge is 0.325 e. The quantitative estimate of drug-likeness (QED) is 0.792. The van der Waals surface area contributed by atoms with E-state index in [9.17, 15) is 9.59 Å². The first-order chi connectivity index (χ1) is 12.9. The minimum absolute atomic E-state index is 0.00402. The molecular formula is C21H21N3O2S. The molecule has 0 unspecified atom stereocenters. The van der Waals surface area contributed by atoms with Crippen LogP contribution in [-0.2, 0) is 4.79 Å². The number of benzene rings is 2. The summed E-state index contributed by atoms with van der Waals surface area (Å²) in [5.41, 5.74) is 3.98. The first-order valence-electron chi connectivity index (χ1n) is 8.56. The molecule has 0 bridgehead atoms. The highest BCUT2D eigenvalue weighted by Gasteiger charge is 2.25. The van der Waals surface area contributed by atoms with E-state index in [2.05, 4.69) is 16.9 Å². The number of thioether (sulfide) groups is 1. The number of hydrogen-bond acceptors (Lipinski definition) is 5. The number of nitrogens with zero attached hydrogens (tertiary/aromatic N) is 2. The molecule has 1 aliphatic heterocycles. The number of rotatable bonds is 4. The van der Waals surface area contributed by atoms with E-state index in [0.717, 1.165) is 22.1 Å². The van der Waals surface area contributed by atoms with E-state index in [1.807, 2.05) is 43.1 Å². The molecule has 0 aliphatic carbocycles. The van der Waals surface area contributed by atoms with Crippen LogP contribution in [0.5, 0.6) is 0 Å². The van der Waals surface area contributed by atoms with E-state index in [1.54, 1.807) is 24.3 Å². The third-order valence-corrected chi connectivity index (χ3v) is 5.48. The average molecular weight is 379 g/mol. The lowest BCUT2D eigenvalue weighted by Gasteiger charge is -2.29. The number of amidine groups is 1. The van der Waals surface area contributed by atoms with Crippen LogP contribution >= 0.6 is 11.8 Å². The molecule has 6 heteroatoms. The minimum Gasteiger partial charge on any atom is -0.325 e. The smallest absolute Gasteiger partial charge is 0.237 e. The fourth-order valence-electron chi connectivity index (χ4n) is 2.64. The summed E-state index contributed by atoms with van der Waals surface area (Å²) < 4.78 is 0.